The number of fused-ring (bicyclic) bond motifs is 1. The van der Waals surface area contributed by atoms with Crippen LogP contribution in [0.15, 0.2) is 24.4 Å². The van der Waals surface area contributed by atoms with Gasteiger partial charge >= 0.3 is 5.97 Å². The summed E-state index contributed by atoms with van der Waals surface area (Å²) in [4.78, 5) is 16.2. The van der Waals surface area contributed by atoms with Crippen LogP contribution in [-0.4, -0.2) is 35.8 Å². The number of anilines is 1. The zero-order valence-electron chi connectivity index (χ0n) is 11.6. The second kappa shape index (κ2) is 6.68. The second-order valence-corrected chi connectivity index (χ2v) is 4.23. The monoisotopic (exact) mass is 285 g/mol. The van der Waals surface area contributed by atoms with Crippen LogP contribution >= 0.6 is 0 Å². The van der Waals surface area contributed by atoms with Gasteiger partial charge in [-0.05, 0) is 13.0 Å². The van der Waals surface area contributed by atoms with Crippen LogP contribution in [0.2, 0.25) is 0 Å². The van der Waals surface area contributed by atoms with Crippen LogP contribution in [0.4, 0.5) is 5.69 Å². The van der Waals surface area contributed by atoms with Crippen LogP contribution in [0.1, 0.15) is 22.8 Å². The number of carbonyl (C=O) groups is 1. The van der Waals surface area contributed by atoms with E-state index in [2.05, 4.69) is 16.4 Å². The molecule has 1 aromatic carbocycles. The number of hydrogen-bond donors (Lipinski definition) is 2. The molecule has 108 valence electrons. The van der Waals surface area contributed by atoms with Gasteiger partial charge in [0.05, 0.1) is 30.0 Å². The van der Waals surface area contributed by atoms with Crippen LogP contribution < -0.4 is 5.32 Å². The first kappa shape index (κ1) is 14.8. The third-order valence-corrected chi connectivity index (χ3v) is 2.93. The van der Waals surface area contributed by atoms with Crippen molar-refractivity contribution in [3.8, 4) is 6.07 Å². The molecule has 0 atom stereocenters. The molecule has 0 aliphatic carbocycles. The number of aromatic nitrogens is 1. The first-order valence-corrected chi connectivity index (χ1v) is 6.56. The lowest BCUT2D eigenvalue weighted by molar-refractivity contribution is 0.0527. The number of para-hydroxylation sites is 1. The number of ether oxygens (including phenoxy) is 1. The van der Waals surface area contributed by atoms with Crippen molar-refractivity contribution in [3.05, 3.63) is 35.5 Å². The summed E-state index contributed by atoms with van der Waals surface area (Å²) >= 11 is 0. The van der Waals surface area contributed by atoms with E-state index >= 15 is 0 Å². The van der Waals surface area contributed by atoms with Crippen LogP contribution in [0.5, 0.6) is 0 Å². The second-order valence-electron chi connectivity index (χ2n) is 4.23. The predicted molar refractivity (Wildman–Crippen MR) is 78.0 cm³/mol. The molecule has 2 N–H and O–H groups in total. The minimum Gasteiger partial charge on any atom is -0.462 e. The Morgan fingerprint density at radius 2 is 2.33 bits per heavy atom. The first-order valence-electron chi connectivity index (χ1n) is 6.56. The topological polar surface area (TPSA) is 95.2 Å². The molecular weight excluding hydrogens is 270 g/mol. The Balaban J connectivity index is 2.64. The van der Waals surface area contributed by atoms with Crippen LogP contribution in [0.3, 0.4) is 0 Å². The molecule has 0 amide bonds. The molecule has 6 nitrogen and oxygen atoms in total. The summed E-state index contributed by atoms with van der Waals surface area (Å²) in [6.45, 7) is 2.18. The van der Waals surface area contributed by atoms with Crippen molar-refractivity contribution in [2.75, 3.05) is 25.1 Å². The molecule has 0 aliphatic heterocycles. The van der Waals surface area contributed by atoms with Crippen LogP contribution in [0, 0.1) is 11.3 Å². The number of rotatable bonds is 5. The van der Waals surface area contributed by atoms with Gasteiger partial charge in [-0.3, -0.25) is 4.98 Å². The molecule has 0 unspecified atom stereocenters. The molecule has 0 saturated carbocycles. The van der Waals surface area contributed by atoms with E-state index in [1.54, 1.807) is 25.1 Å². The molecule has 0 saturated heterocycles. The van der Waals surface area contributed by atoms with Gasteiger partial charge in [-0.25, -0.2) is 4.79 Å². The molecule has 21 heavy (non-hydrogen) atoms. The third kappa shape index (κ3) is 2.93. The number of benzene rings is 1. The summed E-state index contributed by atoms with van der Waals surface area (Å²) in [5, 5.41) is 21.8. The number of aliphatic hydroxyl groups is 1. The fourth-order valence-electron chi connectivity index (χ4n) is 2.05. The maximum absolute atomic E-state index is 12.0. The summed E-state index contributed by atoms with van der Waals surface area (Å²) in [5.74, 6) is -0.491. The van der Waals surface area contributed by atoms with E-state index in [4.69, 9.17) is 15.1 Å². The van der Waals surface area contributed by atoms with E-state index in [0.29, 0.717) is 22.2 Å². The van der Waals surface area contributed by atoms with E-state index < -0.39 is 5.97 Å². The highest BCUT2D eigenvalue weighted by atomic mass is 16.5. The minimum absolute atomic E-state index is 0.0793. The van der Waals surface area contributed by atoms with Gasteiger partial charge in [0.1, 0.15) is 11.6 Å². The van der Waals surface area contributed by atoms with E-state index in [-0.39, 0.29) is 25.3 Å². The van der Waals surface area contributed by atoms with Crippen LogP contribution in [-0.2, 0) is 4.74 Å². The number of hydrogen-bond acceptors (Lipinski definition) is 6. The van der Waals surface area contributed by atoms with Gasteiger partial charge < -0.3 is 15.2 Å². The van der Waals surface area contributed by atoms with Crippen molar-refractivity contribution in [1.82, 2.24) is 4.98 Å². The molecule has 0 bridgehead atoms. The number of nitriles is 1. The lowest BCUT2D eigenvalue weighted by atomic mass is 10.1. The lowest BCUT2D eigenvalue weighted by Gasteiger charge is -2.13. The van der Waals surface area contributed by atoms with Crippen molar-refractivity contribution in [2.45, 2.75) is 6.92 Å². The van der Waals surface area contributed by atoms with Crippen molar-refractivity contribution < 1.29 is 14.6 Å². The maximum Gasteiger partial charge on any atom is 0.341 e. The average molecular weight is 285 g/mol. The predicted octanol–water partition coefficient (Wildman–Crippen LogP) is 1.69. The summed E-state index contributed by atoms with van der Waals surface area (Å²) in [7, 11) is 0. The van der Waals surface area contributed by atoms with Gasteiger partial charge in [-0.15, -0.1) is 0 Å². The lowest BCUT2D eigenvalue weighted by Crippen LogP contribution is -2.13. The highest BCUT2D eigenvalue weighted by Crippen LogP contribution is 2.28. The Hall–Kier alpha value is -2.65. The maximum atomic E-state index is 12.0. The molecule has 6 heteroatoms. The molecule has 0 aliphatic rings. The number of nitrogens with zero attached hydrogens (tertiary/aromatic N) is 2. The molecule has 2 aromatic rings. The van der Waals surface area contributed by atoms with Crippen molar-refractivity contribution in [3.63, 3.8) is 0 Å². The van der Waals surface area contributed by atoms with E-state index in [0.717, 1.165) is 0 Å². The summed E-state index contributed by atoms with van der Waals surface area (Å²) in [6, 6.07) is 7.23. The SMILES string of the molecule is CCOC(=O)c1cnc2c(C#N)cccc2c1NCCO. The Morgan fingerprint density at radius 3 is 3.00 bits per heavy atom. The van der Waals surface area contributed by atoms with Crippen molar-refractivity contribution >= 4 is 22.6 Å². The molecule has 0 spiro atoms. The number of esters is 1. The smallest absolute Gasteiger partial charge is 0.341 e. The first-order chi connectivity index (χ1) is 10.2. The highest BCUT2D eigenvalue weighted by Gasteiger charge is 2.17. The largest absolute Gasteiger partial charge is 0.462 e. The number of pyridine rings is 1. The van der Waals surface area contributed by atoms with E-state index in [9.17, 15) is 4.79 Å². The molecule has 1 aromatic heterocycles. The average Bonchev–Trinajstić information content (AvgIpc) is 2.51. The van der Waals surface area contributed by atoms with Gasteiger partial charge in [0.2, 0.25) is 0 Å². The Morgan fingerprint density at radius 1 is 1.52 bits per heavy atom. The summed E-state index contributed by atoms with van der Waals surface area (Å²) in [6.07, 6.45) is 1.39. The van der Waals surface area contributed by atoms with Gasteiger partial charge in [-0.2, -0.15) is 5.26 Å². The molecule has 0 radical (unpaired) electrons. The number of nitrogens with one attached hydrogen (secondary N) is 1. The third-order valence-electron chi connectivity index (χ3n) is 2.93. The zero-order chi connectivity index (χ0) is 15.2. The Bertz CT molecular complexity index is 707. The van der Waals surface area contributed by atoms with Crippen LogP contribution in [0.25, 0.3) is 10.9 Å². The fourth-order valence-corrected chi connectivity index (χ4v) is 2.05. The zero-order valence-corrected chi connectivity index (χ0v) is 11.6. The van der Waals surface area contributed by atoms with E-state index in [1.807, 2.05) is 0 Å². The van der Waals surface area contributed by atoms with Gasteiger partial charge in [0, 0.05) is 18.1 Å². The summed E-state index contributed by atoms with van der Waals surface area (Å²) in [5.41, 5.74) is 1.74. The van der Waals surface area contributed by atoms with Crippen molar-refractivity contribution in [1.29, 1.82) is 5.26 Å². The molecule has 2 rings (SSSR count). The normalized spacial score (nSPS) is 10.1. The van der Waals surface area contributed by atoms with E-state index in [1.165, 1.54) is 6.20 Å². The molecular formula is C15H15N3O3. The van der Waals surface area contributed by atoms with Gasteiger partial charge in [0.25, 0.3) is 0 Å². The fraction of sp³-hybridized carbons (Fsp3) is 0.267. The standard InChI is InChI=1S/C15H15N3O3/c1-2-21-15(20)12-9-18-13-10(8-16)4-3-5-11(13)14(12)17-6-7-19/h3-5,9,19H,2,6-7H2,1H3,(H,17,18). The molecule has 1 heterocycles. The quantitative estimate of drug-likeness (QED) is 0.812. The molecule has 0 fully saturated rings. The van der Waals surface area contributed by atoms with Gasteiger partial charge in [-0.1, -0.05) is 12.1 Å². The number of aliphatic hydroxyl groups excluding tert-OH is 1. The Kier molecular flexibility index (Phi) is 4.69. The highest BCUT2D eigenvalue weighted by molar-refractivity contribution is 6.05. The van der Waals surface area contributed by atoms with Gasteiger partial charge in [0.15, 0.2) is 0 Å². The minimum atomic E-state index is -0.491. The Labute approximate surface area is 122 Å². The number of carbonyl (C=O) groups excluding carboxylic acids is 1. The summed E-state index contributed by atoms with van der Waals surface area (Å²) < 4.78 is 5.01. The van der Waals surface area contributed by atoms with Crippen molar-refractivity contribution in [2.24, 2.45) is 0 Å².